The van der Waals surface area contributed by atoms with Gasteiger partial charge in [-0.05, 0) is 17.3 Å². The lowest BCUT2D eigenvalue weighted by Crippen LogP contribution is -2.10. The molecule has 2 N–H and O–H groups in total. The van der Waals surface area contributed by atoms with E-state index in [1.807, 2.05) is 0 Å². The van der Waals surface area contributed by atoms with Gasteiger partial charge in [0.15, 0.2) is 0 Å². The van der Waals surface area contributed by atoms with Crippen molar-refractivity contribution in [3.8, 4) is 0 Å². The molecule has 0 saturated heterocycles. The second-order valence-corrected chi connectivity index (χ2v) is 5.21. The van der Waals surface area contributed by atoms with Crippen LogP contribution in [-0.2, 0) is 0 Å². The van der Waals surface area contributed by atoms with Gasteiger partial charge in [-0.1, -0.05) is 53.4 Å². The third-order valence-corrected chi connectivity index (χ3v) is 3.82. The molecule has 0 aromatic rings. The molecule has 1 fully saturated rings. The van der Waals surface area contributed by atoms with Crippen molar-refractivity contribution >= 4 is 0 Å². The molecule has 0 heterocycles. The summed E-state index contributed by atoms with van der Waals surface area (Å²) in [7, 11) is 0. The van der Waals surface area contributed by atoms with Crippen LogP contribution in [0.1, 0.15) is 53.4 Å². The van der Waals surface area contributed by atoms with E-state index < -0.39 is 0 Å². The third-order valence-electron chi connectivity index (χ3n) is 3.82. The highest BCUT2D eigenvalue weighted by Crippen LogP contribution is 2.56. The summed E-state index contributed by atoms with van der Waals surface area (Å²) in [6, 6.07) is 0.468. The van der Waals surface area contributed by atoms with Crippen LogP contribution in [0.2, 0.25) is 0 Å². The largest absolute Gasteiger partial charge is 0.327 e. The quantitative estimate of drug-likeness (QED) is 0.696. The summed E-state index contributed by atoms with van der Waals surface area (Å²) in [6.07, 6.45) is 5.36. The third kappa shape index (κ3) is 2.07. The number of rotatable bonds is 5. The first kappa shape index (κ1) is 11.0. The summed E-state index contributed by atoms with van der Waals surface area (Å²) >= 11 is 0. The van der Waals surface area contributed by atoms with Crippen LogP contribution in [0.15, 0.2) is 0 Å². The van der Waals surface area contributed by atoms with Gasteiger partial charge in [0.2, 0.25) is 0 Å². The molecule has 1 rings (SSSR count). The number of hydrogen-bond acceptors (Lipinski definition) is 1. The first-order valence-electron chi connectivity index (χ1n) is 5.81. The fraction of sp³-hybridized carbons (Fsp3) is 1.00. The maximum absolute atomic E-state index is 6.11. The van der Waals surface area contributed by atoms with E-state index in [0.717, 1.165) is 11.8 Å². The van der Waals surface area contributed by atoms with Crippen LogP contribution in [0.4, 0.5) is 0 Å². The van der Waals surface area contributed by atoms with Crippen LogP contribution in [0, 0.1) is 17.3 Å². The van der Waals surface area contributed by atoms with Gasteiger partial charge in [0.05, 0.1) is 0 Å². The lowest BCUT2D eigenvalue weighted by molar-refractivity contribution is 0.342. The molecule has 0 spiro atoms. The van der Waals surface area contributed by atoms with Crippen molar-refractivity contribution in [3.05, 3.63) is 0 Å². The first-order valence-corrected chi connectivity index (χ1v) is 5.81. The molecule has 2 atom stereocenters. The van der Waals surface area contributed by atoms with Crippen molar-refractivity contribution in [2.45, 2.75) is 59.4 Å². The van der Waals surface area contributed by atoms with Gasteiger partial charge < -0.3 is 5.73 Å². The Morgan fingerprint density at radius 3 is 1.77 bits per heavy atom. The minimum Gasteiger partial charge on any atom is -0.327 e. The van der Waals surface area contributed by atoms with Gasteiger partial charge in [-0.25, -0.2) is 0 Å². The van der Waals surface area contributed by atoms with Crippen LogP contribution in [0.25, 0.3) is 0 Å². The predicted octanol–water partition coefficient (Wildman–Crippen LogP) is 3.19. The molecule has 0 aromatic heterocycles. The predicted molar refractivity (Wildman–Crippen MR) is 58.6 cm³/mol. The Bertz CT molecular complexity index is 157. The van der Waals surface area contributed by atoms with Crippen molar-refractivity contribution < 1.29 is 0 Å². The fourth-order valence-corrected chi connectivity index (χ4v) is 2.86. The molecule has 1 aliphatic rings. The smallest absolute Gasteiger partial charge is 0.0130 e. The lowest BCUT2D eigenvalue weighted by atomic mass is 9.89. The maximum atomic E-state index is 6.11. The van der Waals surface area contributed by atoms with E-state index in [2.05, 4.69) is 27.7 Å². The standard InChI is InChI=1S/C12H25N/c1-5-7-9(8-6-2)10-11(13)12(10,3)4/h9-11H,5-8,13H2,1-4H3/t10-,11-/m0/s1. The van der Waals surface area contributed by atoms with E-state index in [4.69, 9.17) is 5.73 Å². The van der Waals surface area contributed by atoms with Gasteiger partial charge in [-0.3, -0.25) is 0 Å². The van der Waals surface area contributed by atoms with E-state index >= 15 is 0 Å². The topological polar surface area (TPSA) is 26.0 Å². The van der Waals surface area contributed by atoms with E-state index in [0.29, 0.717) is 11.5 Å². The highest BCUT2D eigenvalue weighted by molar-refractivity contribution is 5.10. The minimum absolute atomic E-state index is 0.426. The summed E-state index contributed by atoms with van der Waals surface area (Å²) in [5.74, 6) is 1.69. The van der Waals surface area contributed by atoms with Gasteiger partial charge in [0.1, 0.15) is 0 Å². The summed E-state index contributed by atoms with van der Waals surface area (Å²) in [5, 5.41) is 0. The zero-order chi connectivity index (χ0) is 10.1. The summed E-state index contributed by atoms with van der Waals surface area (Å²) in [6.45, 7) is 9.20. The molecule has 0 bridgehead atoms. The molecule has 1 heteroatoms. The van der Waals surface area contributed by atoms with Crippen LogP contribution < -0.4 is 5.73 Å². The number of nitrogens with two attached hydrogens (primary N) is 1. The zero-order valence-corrected chi connectivity index (χ0v) is 9.64. The number of hydrogen-bond donors (Lipinski definition) is 1. The van der Waals surface area contributed by atoms with E-state index in [1.165, 1.54) is 25.7 Å². The summed E-state index contributed by atoms with van der Waals surface area (Å²) < 4.78 is 0. The van der Waals surface area contributed by atoms with Crippen molar-refractivity contribution in [1.29, 1.82) is 0 Å². The second-order valence-electron chi connectivity index (χ2n) is 5.21. The van der Waals surface area contributed by atoms with E-state index in [-0.39, 0.29) is 0 Å². The SMILES string of the molecule is CCCC(CCC)[C@H]1[C@H](N)C1(C)C. The van der Waals surface area contributed by atoms with Gasteiger partial charge >= 0.3 is 0 Å². The molecular formula is C12H25N. The van der Waals surface area contributed by atoms with Crippen molar-refractivity contribution in [2.24, 2.45) is 23.0 Å². The van der Waals surface area contributed by atoms with Gasteiger partial charge in [0, 0.05) is 6.04 Å². The molecule has 0 aliphatic heterocycles. The second kappa shape index (κ2) is 4.00. The van der Waals surface area contributed by atoms with Crippen LogP contribution in [0.5, 0.6) is 0 Å². The van der Waals surface area contributed by atoms with Crippen molar-refractivity contribution in [3.63, 3.8) is 0 Å². The Morgan fingerprint density at radius 1 is 1.15 bits per heavy atom. The van der Waals surface area contributed by atoms with Gasteiger partial charge in [-0.2, -0.15) is 0 Å². The highest BCUT2D eigenvalue weighted by atomic mass is 14.8. The van der Waals surface area contributed by atoms with Crippen LogP contribution >= 0.6 is 0 Å². The van der Waals surface area contributed by atoms with E-state index in [9.17, 15) is 0 Å². The first-order chi connectivity index (χ1) is 6.05. The highest BCUT2D eigenvalue weighted by Gasteiger charge is 2.57. The molecular weight excluding hydrogens is 158 g/mol. The molecule has 0 unspecified atom stereocenters. The Balaban J connectivity index is 2.47. The Kier molecular flexibility index (Phi) is 3.39. The average Bonchev–Trinajstić information content (AvgIpc) is 2.52. The molecule has 0 amide bonds. The van der Waals surface area contributed by atoms with E-state index in [1.54, 1.807) is 0 Å². The maximum Gasteiger partial charge on any atom is 0.0130 e. The molecule has 78 valence electrons. The molecule has 0 radical (unpaired) electrons. The zero-order valence-electron chi connectivity index (χ0n) is 9.64. The van der Waals surface area contributed by atoms with Crippen molar-refractivity contribution in [2.75, 3.05) is 0 Å². The monoisotopic (exact) mass is 183 g/mol. The Hall–Kier alpha value is -0.0400. The van der Waals surface area contributed by atoms with Gasteiger partial charge in [-0.15, -0.1) is 0 Å². The molecule has 1 aliphatic carbocycles. The summed E-state index contributed by atoms with van der Waals surface area (Å²) in [4.78, 5) is 0. The lowest BCUT2D eigenvalue weighted by Gasteiger charge is -2.16. The van der Waals surface area contributed by atoms with Crippen LogP contribution in [-0.4, -0.2) is 6.04 Å². The minimum atomic E-state index is 0.426. The average molecular weight is 183 g/mol. The normalized spacial score (nSPS) is 30.9. The Labute approximate surface area is 83.1 Å². The fourth-order valence-electron chi connectivity index (χ4n) is 2.86. The van der Waals surface area contributed by atoms with Crippen LogP contribution in [0.3, 0.4) is 0 Å². The summed E-state index contributed by atoms with van der Waals surface area (Å²) in [5.41, 5.74) is 6.53. The van der Waals surface area contributed by atoms with Crippen molar-refractivity contribution in [1.82, 2.24) is 0 Å². The molecule has 13 heavy (non-hydrogen) atoms. The molecule has 1 saturated carbocycles. The van der Waals surface area contributed by atoms with Gasteiger partial charge in [0.25, 0.3) is 0 Å². The molecule has 0 aromatic carbocycles. The molecule has 1 nitrogen and oxygen atoms in total. The Morgan fingerprint density at radius 2 is 1.54 bits per heavy atom.